The molecule has 0 atom stereocenters. The Kier molecular flexibility index (Phi) is 5.91. The van der Waals surface area contributed by atoms with Gasteiger partial charge in [-0.05, 0) is 105 Å². The number of nitrogens with zero attached hydrogens (tertiary/aromatic N) is 2. The van der Waals surface area contributed by atoms with Crippen LogP contribution in [0.1, 0.15) is 0 Å². The average Bonchev–Trinajstić information content (AvgIpc) is 3.67. The molecule has 224 valence electrons. The molecule has 0 saturated heterocycles. The second-order valence-electron chi connectivity index (χ2n) is 12.6. The molecule has 0 amide bonds. The summed E-state index contributed by atoms with van der Waals surface area (Å²) in [5.41, 5.74) is 14.7. The molecule has 48 heavy (non-hydrogen) atoms. The highest BCUT2D eigenvalue weighted by Gasteiger charge is 2.23. The lowest BCUT2D eigenvalue weighted by atomic mass is 10.0. The first-order valence-electron chi connectivity index (χ1n) is 16.5. The normalized spacial score (nSPS) is 11.8. The molecule has 0 radical (unpaired) electrons. The van der Waals surface area contributed by atoms with Crippen LogP contribution in [-0.4, -0.2) is 4.57 Å². The van der Waals surface area contributed by atoms with Crippen molar-refractivity contribution in [1.29, 1.82) is 0 Å². The quantitative estimate of drug-likeness (QED) is 0.188. The van der Waals surface area contributed by atoms with Gasteiger partial charge >= 0.3 is 0 Å². The highest BCUT2D eigenvalue weighted by molar-refractivity contribution is 6.16. The van der Waals surface area contributed by atoms with Crippen molar-refractivity contribution in [3.63, 3.8) is 0 Å². The van der Waals surface area contributed by atoms with Gasteiger partial charge in [-0.2, -0.15) is 0 Å². The van der Waals surface area contributed by atoms with Crippen molar-refractivity contribution in [2.75, 3.05) is 4.90 Å². The topological polar surface area (TPSA) is 8.17 Å². The van der Waals surface area contributed by atoms with Gasteiger partial charge in [0.15, 0.2) is 0 Å². The second-order valence-corrected chi connectivity index (χ2v) is 12.6. The van der Waals surface area contributed by atoms with Crippen LogP contribution in [0.15, 0.2) is 182 Å². The summed E-state index contributed by atoms with van der Waals surface area (Å²) < 4.78 is 2.37. The maximum atomic E-state index is 2.37. The first-order valence-corrected chi connectivity index (χ1v) is 16.5. The zero-order valence-electron chi connectivity index (χ0n) is 26.2. The third-order valence-electron chi connectivity index (χ3n) is 9.91. The number of hydrogen-bond acceptors (Lipinski definition) is 1. The van der Waals surface area contributed by atoms with E-state index in [-0.39, 0.29) is 0 Å². The molecule has 0 saturated carbocycles. The van der Waals surface area contributed by atoms with Gasteiger partial charge in [-0.15, -0.1) is 0 Å². The maximum Gasteiger partial charge on any atom is 0.0541 e. The molecule has 8 aromatic carbocycles. The molecule has 9 aromatic rings. The van der Waals surface area contributed by atoms with Crippen molar-refractivity contribution in [2.45, 2.75) is 0 Å². The Morgan fingerprint density at radius 2 is 0.896 bits per heavy atom. The fourth-order valence-corrected chi connectivity index (χ4v) is 7.76. The van der Waals surface area contributed by atoms with Gasteiger partial charge in [0.1, 0.15) is 0 Å². The SMILES string of the molecule is c1ccc(N(c2ccc(-c3ccc(-n4c5ccccc5c5ccccc54)cc3)cc2)c2cc3c4c(cccc4c2)-c2ccccc2-3)cc1. The standard InChI is InChI=1S/C46H30N2/c1-2-12-34(13-3-1)47(37-29-33-11-10-18-42-38-14-4-5-15-39(38)43(30-37)46(33)42)35-25-21-31(22-26-35)32-23-27-36(28-24-32)48-44-19-8-6-16-40(44)41-17-7-9-20-45(41)48/h1-30H. The number of anilines is 3. The van der Waals surface area contributed by atoms with E-state index in [2.05, 4.69) is 191 Å². The van der Waals surface area contributed by atoms with Crippen LogP contribution in [-0.2, 0) is 0 Å². The van der Waals surface area contributed by atoms with Crippen LogP contribution in [0.25, 0.3) is 71.6 Å². The fourth-order valence-electron chi connectivity index (χ4n) is 7.76. The van der Waals surface area contributed by atoms with Crippen molar-refractivity contribution < 1.29 is 0 Å². The minimum Gasteiger partial charge on any atom is -0.310 e. The van der Waals surface area contributed by atoms with Gasteiger partial charge in [0.2, 0.25) is 0 Å². The second kappa shape index (κ2) is 10.6. The lowest BCUT2D eigenvalue weighted by molar-refractivity contribution is 1.18. The number of aromatic nitrogens is 1. The fraction of sp³-hybridized carbons (Fsp3) is 0. The van der Waals surface area contributed by atoms with Crippen molar-refractivity contribution >= 4 is 49.6 Å². The molecule has 1 aliphatic carbocycles. The summed E-state index contributed by atoms with van der Waals surface area (Å²) in [5, 5.41) is 5.16. The number of hydrogen-bond donors (Lipinski definition) is 0. The number of fused-ring (bicyclic) bond motifs is 6. The third kappa shape index (κ3) is 4.06. The number of para-hydroxylation sites is 3. The summed E-state index contributed by atoms with van der Waals surface area (Å²) in [4.78, 5) is 2.37. The van der Waals surface area contributed by atoms with Crippen LogP contribution in [0.5, 0.6) is 0 Å². The molecule has 0 unspecified atom stereocenters. The summed E-state index contributed by atoms with van der Waals surface area (Å²) in [6, 6.07) is 66.1. The van der Waals surface area contributed by atoms with E-state index in [9.17, 15) is 0 Å². The minimum atomic E-state index is 1.13. The van der Waals surface area contributed by atoms with E-state index < -0.39 is 0 Å². The van der Waals surface area contributed by atoms with Gasteiger partial charge in [0.05, 0.1) is 11.0 Å². The lowest BCUT2D eigenvalue weighted by Gasteiger charge is -2.26. The van der Waals surface area contributed by atoms with Gasteiger partial charge in [0.25, 0.3) is 0 Å². The highest BCUT2D eigenvalue weighted by Crippen LogP contribution is 2.50. The van der Waals surface area contributed by atoms with E-state index in [4.69, 9.17) is 0 Å². The van der Waals surface area contributed by atoms with Crippen molar-refractivity contribution in [3.05, 3.63) is 182 Å². The Labute approximate surface area is 279 Å². The van der Waals surface area contributed by atoms with Crippen molar-refractivity contribution in [2.24, 2.45) is 0 Å². The molecule has 0 spiro atoms. The molecule has 0 N–H and O–H groups in total. The molecule has 1 aliphatic rings. The first kappa shape index (κ1) is 26.8. The highest BCUT2D eigenvalue weighted by atomic mass is 15.1. The monoisotopic (exact) mass is 610 g/mol. The molecule has 0 fully saturated rings. The summed E-state index contributed by atoms with van der Waals surface area (Å²) >= 11 is 0. The molecule has 10 rings (SSSR count). The summed E-state index contributed by atoms with van der Waals surface area (Å²) in [6.07, 6.45) is 0. The molecule has 0 bridgehead atoms. The van der Waals surface area contributed by atoms with Crippen LogP contribution in [0, 0.1) is 0 Å². The van der Waals surface area contributed by atoms with Crippen LogP contribution < -0.4 is 4.90 Å². The smallest absolute Gasteiger partial charge is 0.0541 e. The summed E-state index contributed by atoms with van der Waals surface area (Å²) in [7, 11) is 0. The van der Waals surface area contributed by atoms with Crippen LogP contribution in [0.4, 0.5) is 17.1 Å². The van der Waals surface area contributed by atoms with Gasteiger partial charge in [0, 0.05) is 33.5 Å². The largest absolute Gasteiger partial charge is 0.310 e. The lowest BCUT2D eigenvalue weighted by Crippen LogP contribution is -2.10. The molecule has 0 aliphatic heterocycles. The molecule has 1 aromatic heterocycles. The predicted octanol–water partition coefficient (Wildman–Crippen LogP) is 12.7. The van der Waals surface area contributed by atoms with E-state index in [1.165, 1.54) is 66.0 Å². The van der Waals surface area contributed by atoms with Gasteiger partial charge in [-0.3, -0.25) is 0 Å². The zero-order chi connectivity index (χ0) is 31.6. The van der Waals surface area contributed by atoms with E-state index in [1.54, 1.807) is 0 Å². The Morgan fingerprint density at radius 3 is 1.58 bits per heavy atom. The zero-order valence-corrected chi connectivity index (χ0v) is 26.2. The Hall–Kier alpha value is -6.38. The van der Waals surface area contributed by atoms with Gasteiger partial charge < -0.3 is 9.47 Å². The third-order valence-corrected chi connectivity index (χ3v) is 9.91. The number of benzene rings is 8. The molecule has 1 heterocycles. The minimum absolute atomic E-state index is 1.13. The Bertz CT molecular complexity index is 2590. The van der Waals surface area contributed by atoms with Crippen molar-refractivity contribution in [1.82, 2.24) is 4.57 Å². The molecule has 2 heteroatoms. The van der Waals surface area contributed by atoms with Crippen LogP contribution in [0.3, 0.4) is 0 Å². The number of rotatable bonds is 5. The van der Waals surface area contributed by atoms with E-state index in [1.807, 2.05) is 0 Å². The first-order chi connectivity index (χ1) is 23.8. The Balaban J connectivity index is 1.04. The maximum absolute atomic E-state index is 2.37. The predicted molar refractivity (Wildman–Crippen MR) is 203 cm³/mol. The molecule has 2 nitrogen and oxygen atoms in total. The van der Waals surface area contributed by atoms with Crippen LogP contribution >= 0.6 is 0 Å². The summed E-state index contributed by atoms with van der Waals surface area (Å²) in [5.74, 6) is 0. The van der Waals surface area contributed by atoms with E-state index in [0.29, 0.717) is 0 Å². The average molecular weight is 611 g/mol. The van der Waals surface area contributed by atoms with Gasteiger partial charge in [-0.25, -0.2) is 0 Å². The summed E-state index contributed by atoms with van der Waals surface area (Å²) in [6.45, 7) is 0. The van der Waals surface area contributed by atoms with E-state index >= 15 is 0 Å². The van der Waals surface area contributed by atoms with E-state index in [0.717, 1.165) is 22.7 Å². The van der Waals surface area contributed by atoms with Crippen LogP contribution in [0.2, 0.25) is 0 Å². The van der Waals surface area contributed by atoms with Crippen molar-refractivity contribution in [3.8, 4) is 39.1 Å². The molecular weight excluding hydrogens is 581 g/mol. The molecular formula is C46H30N2. The van der Waals surface area contributed by atoms with Gasteiger partial charge in [-0.1, -0.05) is 121 Å². The Morgan fingerprint density at radius 1 is 0.354 bits per heavy atom.